The molecule has 0 aromatic heterocycles. The van der Waals surface area contributed by atoms with Gasteiger partial charge < -0.3 is 5.11 Å². The van der Waals surface area contributed by atoms with E-state index in [0.717, 1.165) is 0 Å². The molecular weight excluding hydrogens is 751 g/mol. The van der Waals surface area contributed by atoms with Gasteiger partial charge in [0.25, 0.3) is 6.47 Å². The number of hydrogen-bond donors (Lipinski definition) is 1. The van der Waals surface area contributed by atoms with Crippen LogP contribution in [-0.4, -0.2) is 11.6 Å². The van der Waals surface area contributed by atoms with Crippen molar-refractivity contribution in [2.45, 2.75) is 0 Å². The maximum atomic E-state index is 8.36. The molecular formula is C7H3I5O2. The van der Waals surface area contributed by atoms with Crippen LogP contribution in [0.4, 0.5) is 0 Å². The molecule has 0 aliphatic heterocycles. The number of hydrogen-bond acceptors (Lipinski definition) is 1. The van der Waals surface area contributed by atoms with Crippen LogP contribution in [-0.2, 0) is 4.79 Å². The van der Waals surface area contributed by atoms with Crippen LogP contribution in [0.3, 0.4) is 0 Å². The molecule has 0 unspecified atom stereocenters. The standard InChI is InChI=1S/C6HI5.CH2O2/c7-2-1-3(8)5(10)6(11)4(2)9;2-1-3/h1H;1H,(H,2,3). The van der Waals surface area contributed by atoms with Crippen molar-refractivity contribution in [3.8, 4) is 0 Å². The van der Waals surface area contributed by atoms with E-state index in [9.17, 15) is 0 Å². The number of rotatable bonds is 0. The van der Waals surface area contributed by atoms with Crippen LogP contribution in [0.15, 0.2) is 6.07 Å². The van der Waals surface area contributed by atoms with Gasteiger partial charge in [0.2, 0.25) is 0 Å². The molecule has 0 amide bonds. The lowest BCUT2D eigenvalue weighted by molar-refractivity contribution is -0.122. The van der Waals surface area contributed by atoms with Gasteiger partial charge in [-0.2, -0.15) is 0 Å². The number of halogens is 5. The van der Waals surface area contributed by atoms with Gasteiger partial charge in [-0.3, -0.25) is 4.79 Å². The Labute approximate surface area is 150 Å². The zero-order valence-electron chi connectivity index (χ0n) is 6.40. The first-order valence-electron chi connectivity index (χ1n) is 3.02. The van der Waals surface area contributed by atoms with Crippen molar-refractivity contribution in [2.24, 2.45) is 0 Å². The van der Waals surface area contributed by atoms with Crippen molar-refractivity contribution in [3.05, 3.63) is 23.9 Å². The summed E-state index contributed by atoms with van der Waals surface area (Å²) < 4.78 is 6.80. The van der Waals surface area contributed by atoms with Crippen LogP contribution >= 0.6 is 113 Å². The van der Waals surface area contributed by atoms with Crippen molar-refractivity contribution in [2.75, 3.05) is 0 Å². The molecule has 0 saturated heterocycles. The molecule has 0 aliphatic carbocycles. The average Bonchev–Trinajstić information content (AvgIpc) is 2.13. The first-order valence-corrected chi connectivity index (χ1v) is 8.41. The molecule has 0 aliphatic rings. The molecule has 2 nitrogen and oxygen atoms in total. The smallest absolute Gasteiger partial charge is 0.290 e. The first-order chi connectivity index (χ1) is 6.45. The van der Waals surface area contributed by atoms with Gasteiger partial charge in [0.05, 0.1) is 0 Å². The van der Waals surface area contributed by atoms with Gasteiger partial charge in [0.1, 0.15) is 0 Å². The van der Waals surface area contributed by atoms with Crippen LogP contribution in [0, 0.1) is 17.9 Å². The van der Waals surface area contributed by atoms with Gasteiger partial charge in [0, 0.05) is 17.9 Å². The highest BCUT2D eigenvalue weighted by Gasteiger charge is 2.08. The van der Waals surface area contributed by atoms with Gasteiger partial charge in [-0.05, 0) is 119 Å². The van der Waals surface area contributed by atoms with Gasteiger partial charge in [0.15, 0.2) is 0 Å². The fourth-order valence-electron chi connectivity index (χ4n) is 0.544. The zero-order chi connectivity index (χ0) is 11.3. The lowest BCUT2D eigenvalue weighted by atomic mass is 10.4. The summed E-state index contributed by atoms with van der Waals surface area (Å²) in [4.78, 5) is 8.36. The van der Waals surface area contributed by atoms with Crippen molar-refractivity contribution in [1.29, 1.82) is 0 Å². The van der Waals surface area contributed by atoms with Crippen molar-refractivity contribution in [3.63, 3.8) is 0 Å². The highest BCUT2D eigenvalue weighted by Crippen LogP contribution is 2.29. The molecule has 0 fully saturated rings. The Morgan fingerprint density at radius 2 is 1.21 bits per heavy atom. The molecule has 1 aromatic carbocycles. The minimum absolute atomic E-state index is 0.250. The predicted octanol–water partition coefficient (Wildman–Crippen LogP) is 4.41. The van der Waals surface area contributed by atoms with E-state index in [0.29, 0.717) is 0 Å². The normalized spacial score (nSPS) is 8.93. The second kappa shape index (κ2) is 8.43. The van der Waals surface area contributed by atoms with Gasteiger partial charge in [-0.25, -0.2) is 0 Å². The fraction of sp³-hybridized carbons (Fsp3) is 0. The van der Waals surface area contributed by atoms with E-state index < -0.39 is 0 Å². The van der Waals surface area contributed by atoms with Gasteiger partial charge in [-0.15, -0.1) is 0 Å². The highest BCUT2D eigenvalue weighted by atomic mass is 127. The minimum atomic E-state index is -0.250. The molecule has 0 atom stereocenters. The Balaban J connectivity index is 0.000000500. The summed E-state index contributed by atoms with van der Waals surface area (Å²) in [5.41, 5.74) is 0. The van der Waals surface area contributed by atoms with Gasteiger partial charge in [-0.1, -0.05) is 0 Å². The molecule has 78 valence electrons. The van der Waals surface area contributed by atoms with Crippen molar-refractivity contribution < 1.29 is 9.90 Å². The quantitative estimate of drug-likeness (QED) is 0.185. The Morgan fingerprint density at radius 3 is 1.50 bits per heavy atom. The molecule has 1 rings (SSSR count). The summed E-state index contributed by atoms with van der Waals surface area (Å²) in [6.45, 7) is -0.250. The van der Waals surface area contributed by atoms with Crippen LogP contribution in [0.1, 0.15) is 0 Å². The third-order valence-electron chi connectivity index (χ3n) is 1.06. The van der Waals surface area contributed by atoms with Crippen LogP contribution in [0.5, 0.6) is 0 Å². The molecule has 14 heavy (non-hydrogen) atoms. The van der Waals surface area contributed by atoms with Gasteiger partial charge >= 0.3 is 0 Å². The summed E-state index contributed by atoms with van der Waals surface area (Å²) in [5.74, 6) is 0. The fourth-order valence-corrected chi connectivity index (χ4v) is 5.28. The number of carbonyl (C=O) groups is 1. The van der Waals surface area contributed by atoms with E-state index >= 15 is 0 Å². The summed E-state index contributed by atoms with van der Waals surface area (Å²) in [6, 6.07) is 2.22. The molecule has 0 spiro atoms. The maximum absolute atomic E-state index is 8.36. The third-order valence-corrected chi connectivity index (χ3v) is 10.2. The topological polar surface area (TPSA) is 37.3 Å². The Bertz CT molecular complexity index is 313. The lowest BCUT2D eigenvalue weighted by Crippen LogP contribution is -1.92. The number of carboxylic acid groups (broad SMARTS) is 1. The predicted molar refractivity (Wildman–Crippen MR) is 98.7 cm³/mol. The second-order valence-corrected chi connectivity index (χ2v) is 7.45. The molecule has 1 N–H and O–H groups in total. The summed E-state index contributed by atoms with van der Waals surface area (Å²) in [6.07, 6.45) is 0. The summed E-state index contributed by atoms with van der Waals surface area (Å²) in [5, 5.41) is 6.89. The third kappa shape index (κ3) is 5.11. The van der Waals surface area contributed by atoms with E-state index in [-0.39, 0.29) is 6.47 Å². The molecule has 7 heteroatoms. The van der Waals surface area contributed by atoms with Crippen molar-refractivity contribution in [1.82, 2.24) is 0 Å². The molecule has 0 saturated carbocycles. The summed E-state index contributed by atoms with van der Waals surface area (Å²) >= 11 is 11.9. The molecule has 0 bridgehead atoms. The molecule has 0 heterocycles. The van der Waals surface area contributed by atoms with E-state index in [1.165, 1.54) is 17.9 Å². The average molecular weight is 754 g/mol. The first kappa shape index (κ1) is 16.3. The lowest BCUT2D eigenvalue weighted by Gasteiger charge is -2.04. The minimum Gasteiger partial charge on any atom is -0.483 e. The van der Waals surface area contributed by atoms with Crippen molar-refractivity contribution >= 4 is 119 Å². The Morgan fingerprint density at radius 1 is 0.929 bits per heavy atom. The second-order valence-electron chi connectivity index (χ2n) is 1.89. The largest absolute Gasteiger partial charge is 0.483 e. The Hall–Kier alpha value is 2.34. The van der Waals surface area contributed by atoms with E-state index in [1.54, 1.807) is 0 Å². The number of benzene rings is 1. The Kier molecular flexibility index (Phi) is 9.84. The SMILES string of the molecule is Ic1cc(I)c(I)c(I)c1I.O=CO. The zero-order valence-corrected chi connectivity index (χ0v) is 17.2. The van der Waals surface area contributed by atoms with E-state index in [2.05, 4.69) is 119 Å². The maximum Gasteiger partial charge on any atom is 0.290 e. The van der Waals surface area contributed by atoms with E-state index in [4.69, 9.17) is 9.90 Å². The van der Waals surface area contributed by atoms with E-state index in [1.807, 2.05) is 0 Å². The summed E-state index contributed by atoms with van der Waals surface area (Å²) in [7, 11) is 0. The van der Waals surface area contributed by atoms with Crippen LogP contribution < -0.4 is 0 Å². The van der Waals surface area contributed by atoms with Crippen LogP contribution in [0.25, 0.3) is 0 Å². The highest BCUT2D eigenvalue weighted by molar-refractivity contribution is 14.1. The van der Waals surface area contributed by atoms with Crippen LogP contribution in [0.2, 0.25) is 0 Å². The molecule has 0 radical (unpaired) electrons. The monoisotopic (exact) mass is 754 g/mol. The molecule has 1 aromatic rings.